The molecule has 1 aromatic rings. The first-order valence-corrected chi connectivity index (χ1v) is 7.43. The average molecular weight is 372 g/mol. The lowest BCUT2D eigenvalue weighted by molar-refractivity contribution is -0.106. The van der Waals surface area contributed by atoms with Crippen LogP contribution in [-0.2, 0) is 4.74 Å². The third-order valence-electron chi connectivity index (χ3n) is 3.35. The Hall–Kier alpha value is -2.70. The number of carboxylic acid groups (broad SMARTS) is 1. The minimum absolute atomic E-state index is 0.00850. The fourth-order valence-corrected chi connectivity index (χ4v) is 2.34. The summed E-state index contributed by atoms with van der Waals surface area (Å²) in [4.78, 5) is 24.7. The number of halogens is 2. The van der Waals surface area contributed by atoms with Crippen LogP contribution in [0.5, 0.6) is 5.75 Å². The molecule has 0 unspecified atom stereocenters. The van der Waals surface area contributed by atoms with Gasteiger partial charge in [-0.1, -0.05) is 17.5 Å². The molecule has 0 bridgehead atoms. The van der Waals surface area contributed by atoms with E-state index in [9.17, 15) is 14.0 Å². The Kier molecular flexibility index (Phi) is 5.90. The molecule has 1 N–H and O–H groups in total. The van der Waals surface area contributed by atoms with E-state index < -0.39 is 17.9 Å². The third-order valence-corrected chi connectivity index (χ3v) is 3.65. The van der Waals surface area contributed by atoms with Crippen LogP contribution in [0.25, 0.3) is 0 Å². The van der Waals surface area contributed by atoms with Crippen LogP contribution in [0.3, 0.4) is 0 Å². The molecule has 0 saturated carbocycles. The highest BCUT2D eigenvalue weighted by Gasteiger charge is 2.32. The van der Waals surface area contributed by atoms with E-state index in [1.165, 1.54) is 13.1 Å². The first kappa shape index (κ1) is 18.6. The van der Waals surface area contributed by atoms with Crippen molar-refractivity contribution in [3.8, 4) is 18.1 Å². The number of nitrogens with zero attached hydrogens (tertiary/aromatic N) is 3. The average Bonchev–Trinajstić information content (AvgIpc) is 2.59. The summed E-state index contributed by atoms with van der Waals surface area (Å²) < 4.78 is 24.5. The Morgan fingerprint density at radius 3 is 2.88 bits per heavy atom. The number of terminal acetylenes is 1. The molecule has 0 aromatic heterocycles. The zero-order valence-electron chi connectivity index (χ0n) is 13.2. The monoisotopic (exact) mass is 371 g/mol. The van der Waals surface area contributed by atoms with Crippen molar-refractivity contribution in [1.82, 2.24) is 10.0 Å². The molecule has 0 atom stereocenters. The second kappa shape index (κ2) is 7.92. The number of amides is 3. The van der Waals surface area contributed by atoms with Gasteiger partial charge in [0, 0.05) is 13.1 Å². The summed E-state index contributed by atoms with van der Waals surface area (Å²) >= 11 is 5.88. The molecule has 8 nitrogen and oxygen atoms in total. The van der Waals surface area contributed by atoms with Gasteiger partial charge in [0.15, 0.2) is 0 Å². The molecular formula is C15H15ClFN3O5. The SMILES string of the molecule is C#CCOc1cc(N(C)C(=O)N2COCCN2C(=O)O)c(F)cc1Cl. The maximum Gasteiger partial charge on any atom is 0.426 e. The van der Waals surface area contributed by atoms with Crippen LogP contribution in [0, 0.1) is 18.2 Å². The molecule has 2 rings (SSSR count). The number of rotatable bonds is 3. The van der Waals surface area contributed by atoms with Crippen LogP contribution in [0.4, 0.5) is 19.7 Å². The van der Waals surface area contributed by atoms with E-state index in [0.29, 0.717) is 0 Å². The Morgan fingerprint density at radius 2 is 2.24 bits per heavy atom. The lowest BCUT2D eigenvalue weighted by Gasteiger charge is -2.38. The summed E-state index contributed by atoms with van der Waals surface area (Å²) in [5.41, 5.74) is -0.155. The van der Waals surface area contributed by atoms with E-state index in [0.717, 1.165) is 21.0 Å². The number of ether oxygens (including phenoxy) is 2. The van der Waals surface area contributed by atoms with Gasteiger partial charge in [-0.25, -0.2) is 24.0 Å². The lowest BCUT2D eigenvalue weighted by Crippen LogP contribution is -2.58. The predicted octanol–water partition coefficient (Wildman–Crippen LogP) is 2.23. The second-order valence-electron chi connectivity index (χ2n) is 4.91. The molecule has 1 aliphatic rings. The molecule has 3 amide bonds. The molecule has 0 spiro atoms. The minimum Gasteiger partial charge on any atom is -0.479 e. The molecule has 0 aliphatic carbocycles. The maximum absolute atomic E-state index is 14.2. The van der Waals surface area contributed by atoms with Gasteiger partial charge in [-0.2, -0.15) is 0 Å². The number of hydrogen-bond acceptors (Lipinski definition) is 4. The fraction of sp³-hybridized carbons (Fsp3) is 0.333. The lowest BCUT2D eigenvalue weighted by atomic mass is 10.2. The van der Waals surface area contributed by atoms with Gasteiger partial charge in [0.1, 0.15) is 24.9 Å². The van der Waals surface area contributed by atoms with Crippen molar-refractivity contribution in [3.63, 3.8) is 0 Å². The van der Waals surface area contributed by atoms with E-state index in [-0.39, 0.29) is 42.9 Å². The van der Waals surface area contributed by atoms with Crippen LogP contribution < -0.4 is 9.64 Å². The van der Waals surface area contributed by atoms with Crippen molar-refractivity contribution in [2.75, 3.05) is 38.4 Å². The van der Waals surface area contributed by atoms with E-state index in [2.05, 4.69) is 5.92 Å². The smallest absolute Gasteiger partial charge is 0.426 e. The summed E-state index contributed by atoms with van der Waals surface area (Å²) in [5, 5.41) is 10.8. The summed E-state index contributed by atoms with van der Waals surface area (Å²) in [6.45, 7) is -0.228. The van der Waals surface area contributed by atoms with Crippen molar-refractivity contribution in [3.05, 3.63) is 23.0 Å². The maximum atomic E-state index is 14.2. The number of carbonyl (C=O) groups excluding carboxylic acids is 1. The van der Waals surface area contributed by atoms with Crippen molar-refractivity contribution >= 4 is 29.4 Å². The van der Waals surface area contributed by atoms with Crippen LogP contribution in [0.1, 0.15) is 0 Å². The zero-order chi connectivity index (χ0) is 18.6. The van der Waals surface area contributed by atoms with Crippen molar-refractivity contribution in [2.45, 2.75) is 0 Å². The summed E-state index contributed by atoms with van der Waals surface area (Å²) in [5.74, 6) is 1.56. The van der Waals surface area contributed by atoms with E-state index in [1.807, 2.05) is 0 Å². The molecule has 25 heavy (non-hydrogen) atoms. The van der Waals surface area contributed by atoms with Gasteiger partial charge in [0.05, 0.1) is 23.9 Å². The van der Waals surface area contributed by atoms with Gasteiger partial charge in [-0.3, -0.25) is 4.90 Å². The Labute approximate surface area is 148 Å². The molecule has 1 fully saturated rings. The molecule has 0 radical (unpaired) electrons. The van der Waals surface area contributed by atoms with Crippen LogP contribution in [0.2, 0.25) is 5.02 Å². The molecule has 134 valence electrons. The zero-order valence-corrected chi connectivity index (χ0v) is 14.0. The van der Waals surface area contributed by atoms with Gasteiger partial charge in [0.2, 0.25) is 0 Å². The number of hydrazine groups is 1. The molecule has 1 saturated heterocycles. The topological polar surface area (TPSA) is 82.6 Å². The number of hydrogen-bond donors (Lipinski definition) is 1. The molecule has 10 heteroatoms. The summed E-state index contributed by atoms with van der Waals surface area (Å²) in [6.07, 6.45) is 3.79. The van der Waals surface area contributed by atoms with Gasteiger partial charge in [0.25, 0.3) is 0 Å². The van der Waals surface area contributed by atoms with Crippen LogP contribution in [0.15, 0.2) is 12.1 Å². The molecule has 1 heterocycles. The highest BCUT2D eigenvalue weighted by atomic mass is 35.5. The largest absolute Gasteiger partial charge is 0.479 e. The first-order chi connectivity index (χ1) is 11.9. The van der Waals surface area contributed by atoms with Crippen molar-refractivity contribution in [1.29, 1.82) is 0 Å². The Bertz CT molecular complexity index is 724. The summed E-state index contributed by atoms with van der Waals surface area (Å²) in [6, 6.07) is 1.39. The quantitative estimate of drug-likeness (QED) is 0.824. The van der Waals surface area contributed by atoms with E-state index >= 15 is 0 Å². The van der Waals surface area contributed by atoms with Gasteiger partial charge >= 0.3 is 12.1 Å². The molecule has 1 aliphatic heterocycles. The van der Waals surface area contributed by atoms with Crippen LogP contribution in [-0.4, -0.2) is 60.8 Å². The highest BCUT2D eigenvalue weighted by Crippen LogP contribution is 2.32. The predicted molar refractivity (Wildman–Crippen MR) is 86.9 cm³/mol. The number of anilines is 1. The highest BCUT2D eigenvalue weighted by molar-refractivity contribution is 6.32. The first-order valence-electron chi connectivity index (χ1n) is 7.05. The third kappa shape index (κ3) is 4.04. The Balaban J connectivity index is 2.29. The Morgan fingerprint density at radius 1 is 1.52 bits per heavy atom. The number of urea groups is 1. The summed E-state index contributed by atoms with van der Waals surface area (Å²) in [7, 11) is 1.29. The number of benzene rings is 1. The van der Waals surface area contributed by atoms with Crippen LogP contribution >= 0.6 is 11.6 Å². The van der Waals surface area contributed by atoms with Crippen molar-refractivity contribution in [2.24, 2.45) is 0 Å². The normalized spacial score (nSPS) is 14.0. The standard InChI is InChI=1S/C15H15ClFN3O5/c1-3-5-25-13-8-12(11(17)7-10(13)16)18(2)14(21)20-9-24-6-4-19(20)15(22)23/h1,7-8H,4-6,9H2,2H3,(H,22,23). The van der Waals surface area contributed by atoms with E-state index in [4.69, 9.17) is 32.6 Å². The van der Waals surface area contributed by atoms with E-state index in [1.54, 1.807) is 0 Å². The second-order valence-corrected chi connectivity index (χ2v) is 5.32. The number of carbonyl (C=O) groups is 2. The van der Waals surface area contributed by atoms with Gasteiger partial charge < -0.3 is 14.6 Å². The fourth-order valence-electron chi connectivity index (χ4n) is 2.13. The van der Waals surface area contributed by atoms with Gasteiger partial charge in [-0.05, 0) is 6.07 Å². The van der Waals surface area contributed by atoms with Gasteiger partial charge in [-0.15, -0.1) is 6.42 Å². The molecule has 1 aromatic carbocycles. The van der Waals surface area contributed by atoms with Crippen molar-refractivity contribution < 1.29 is 28.6 Å². The molecular weight excluding hydrogens is 357 g/mol. The minimum atomic E-state index is -1.32.